The highest BCUT2D eigenvalue weighted by Gasteiger charge is 2.50. The molecule has 2 N–H and O–H groups in total. The summed E-state index contributed by atoms with van der Waals surface area (Å²) in [5.74, 6) is -0.0900. The molecule has 0 heterocycles. The lowest BCUT2D eigenvalue weighted by Gasteiger charge is -2.47. The lowest BCUT2D eigenvalue weighted by Crippen LogP contribution is -2.57. The Labute approximate surface area is 106 Å². The van der Waals surface area contributed by atoms with Gasteiger partial charge in [-0.15, -0.1) is 0 Å². The van der Waals surface area contributed by atoms with E-state index in [1.54, 1.807) is 13.8 Å². The van der Waals surface area contributed by atoms with Gasteiger partial charge in [0.2, 0.25) is 5.91 Å². The van der Waals surface area contributed by atoms with Crippen molar-refractivity contribution in [3.63, 3.8) is 0 Å². The van der Waals surface area contributed by atoms with Gasteiger partial charge < -0.3 is 10.6 Å². The number of nitrogens with two attached hydrogens (primary N) is 1. The molecule has 1 aliphatic carbocycles. The number of rotatable bonds is 4. The second-order valence-corrected chi connectivity index (χ2v) is 5.64. The van der Waals surface area contributed by atoms with Crippen molar-refractivity contribution in [2.75, 3.05) is 13.1 Å². The van der Waals surface area contributed by atoms with Gasteiger partial charge in [0, 0.05) is 12.6 Å². The molecule has 0 unspecified atom stereocenters. The molecule has 0 aromatic carbocycles. The van der Waals surface area contributed by atoms with Crippen molar-refractivity contribution in [1.82, 2.24) is 4.90 Å². The summed E-state index contributed by atoms with van der Waals surface area (Å²) in [7, 11) is 0. The highest BCUT2D eigenvalue weighted by Crippen LogP contribution is 2.46. The van der Waals surface area contributed by atoms with E-state index < -0.39 is 30.1 Å². The molecule has 1 fully saturated rings. The zero-order valence-electron chi connectivity index (χ0n) is 11.0. The van der Waals surface area contributed by atoms with Crippen LogP contribution >= 0.6 is 0 Å². The fourth-order valence-electron chi connectivity index (χ4n) is 2.69. The van der Waals surface area contributed by atoms with Crippen molar-refractivity contribution in [3.8, 4) is 0 Å². The summed E-state index contributed by atoms with van der Waals surface area (Å²) in [6, 6.07) is -0.474. The fraction of sp³-hybridized carbons (Fsp3) is 0.917. The number of hydrogen-bond acceptors (Lipinski definition) is 2. The van der Waals surface area contributed by atoms with Crippen molar-refractivity contribution in [2.45, 2.75) is 45.8 Å². The Morgan fingerprint density at radius 2 is 1.94 bits per heavy atom. The summed E-state index contributed by atoms with van der Waals surface area (Å²) >= 11 is 0. The van der Waals surface area contributed by atoms with E-state index in [0.29, 0.717) is 18.8 Å². The van der Waals surface area contributed by atoms with E-state index in [0.717, 1.165) is 4.90 Å². The van der Waals surface area contributed by atoms with Gasteiger partial charge in [0.15, 0.2) is 0 Å². The molecule has 1 amide bonds. The molecule has 0 aromatic rings. The Balaban J connectivity index is 2.83. The van der Waals surface area contributed by atoms with Crippen molar-refractivity contribution >= 4 is 5.91 Å². The van der Waals surface area contributed by atoms with Gasteiger partial charge in [0.25, 0.3) is 0 Å². The van der Waals surface area contributed by atoms with E-state index in [9.17, 15) is 18.0 Å². The quantitative estimate of drug-likeness (QED) is 0.847. The van der Waals surface area contributed by atoms with Crippen molar-refractivity contribution in [2.24, 2.45) is 17.1 Å². The van der Waals surface area contributed by atoms with Gasteiger partial charge >= 0.3 is 6.18 Å². The minimum absolute atomic E-state index is 0.122. The van der Waals surface area contributed by atoms with Crippen LogP contribution in [0.4, 0.5) is 13.2 Å². The van der Waals surface area contributed by atoms with Crippen molar-refractivity contribution in [1.29, 1.82) is 0 Å². The van der Waals surface area contributed by atoms with Gasteiger partial charge in [-0.1, -0.05) is 6.92 Å². The number of amides is 1. The molecule has 0 saturated heterocycles. The van der Waals surface area contributed by atoms with Gasteiger partial charge in [-0.25, -0.2) is 0 Å². The molecule has 1 rings (SSSR count). The van der Waals surface area contributed by atoms with E-state index in [2.05, 4.69) is 0 Å². The molecule has 3 nitrogen and oxygen atoms in total. The topological polar surface area (TPSA) is 46.3 Å². The molecule has 0 aromatic heterocycles. The van der Waals surface area contributed by atoms with E-state index in [1.807, 2.05) is 6.92 Å². The smallest absolute Gasteiger partial charge is 0.331 e. The van der Waals surface area contributed by atoms with E-state index in [4.69, 9.17) is 5.73 Å². The molecule has 0 radical (unpaired) electrons. The third kappa shape index (κ3) is 3.16. The average molecular weight is 266 g/mol. The number of halogens is 3. The average Bonchev–Trinajstić information content (AvgIpc) is 2.18. The molecule has 0 spiro atoms. The molecule has 106 valence electrons. The molecule has 18 heavy (non-hydrogen) atoms. The minimum atomic E-state index is -4.37. The van der Waals surface area contributed by atoms with E-state index >= 15 is 0 Å². The first kappa shape index (κ1) is 15.3. The molecule has 1 aliphatic rings. The number of carbonyl (C=O) groups excluding carboxylic acids is 1. The van der Waals surface area contributed by atoms with Crippen LogP contribution in [0, 0.1) is 11.3 Å². The molecular formula is C12H21F3N2O. The molecular weight excluding hydrogens is 245 g/mol. The van der Waals surface area contributed by atoms with Crippen molar-refractivity contribution in [3.05, 3.63) is 0 Å². The summed E-state index contributed by atoms with van der Waals surface area (Å²) in [5, 5.41) is 0. The van der Waals surface area contributed by atoms with Gasteiger partial charge in [0.1, 0.15) is 6.54 Å². The Morgan fingerprint density at radius 3 is 2.22 bits per heavy atom. The highest BCUT2D eigenvalue weighted by molar-refractivity contribution is 5.84. The van der Waals surface area contributed by atoms with E-state index in [-0.39, 0.29) is 6.54 Å². The standard InChI is InChI=1S/C12H21F3N2O/c1-8(2)17(7-12(13,14)15)10(18)11(6-16)4-9(3)5-11/h8-9H,4-7,16H2,1-3H3. The van der Waals surface area contributed by atoms with Crippen LogP contribution in [0.2, 0.25) is 0 Å². The highest BCUT2D eigenvalue weighted by atomic mass is 19.4. The van der Waals surface area contributed by atoms with Crippen LogP contribution in [0.5, 0.6) is 0 Å². The second kappa shape index (κ2) is 5.07. The van der Waals surface area contributed by atoms with Crippen LogP contribution in [-0.2, 0) is 4.79 Å². The zero-order valence-corrected chi connectivity index (χ0v) is 11.0. The van der Waals surface area contributed by atoms with Gasteiger partial charge in [-0.2, -0.15) is 13.2 Å². The molecule has 0 aliphatic heterocycles. The predicted molar refractivity (Wildman–Crippen MR) is 62.8 cm³/mol. The Hall–Kier alpha value is -0.780. The van der Waals surface area contributed by atoms with Crippen LogP contribution in [0.1, 0.15) is 33.6 Å². The summed E-state index contributed by atoms with van der Waals surface area (Å²) in [6.07, 6.45) is -3.20. The first-order chi connectivity index (χ1) is 8.11. The number of nitrogens with zero attached hydrogens (tertiary/aromatic N) is 1. The third-order valence-electron chi connectivity index (χ3n) is 3.56. The van der Waals surface area contributed by atoms with Crippen LogP contribution in [0.15, 0.2) is 0 Å². The van der Waals surface area contributed by atoms with Crippen LogP contribution < -0.4 is 5.73 Å². The van der Waals surface area contributed by atoms with Gasteiger partial charge in [0.05, 0.1) is 5.41 Å². The van der Waals surface area contributed by atoms with Crippen LogP contribution in [0.3, 0.4) is 0 Å². The van der Waals surface area contributed by atoms with E-state index in [1.165, 1.54) is 0 Å². The maximum Gasteiger partial charge on any atom is 0.406 e. The summed E-state index contributed by atoms with van der Waals surface area (Å²) in [4.78, 5) is 13.2. The monoisotopic (exact) mass is 266 g/mol. The molecule has 0 bridgehead atoms. The third-order valence-corrected chi connectivity index (χ3v) is 3.56. The number of hydrogen-bond donors (Lipinski definition) is 1. The summed E-state index contributed by atoms with van der Waals surface area (Å²) in [6.45, 7) is 4.09. The summed E-state index contributed by atoms with van der Waals surface area (Å²) < 4.78 is 37.5. The molecule has 1 saturated carbocycles. The Bertz CT molecular complexity index is 309. The zero-order chi connectivity index (χ0) is 14.1. The lowest BCUT2D eigenvalue weighted by molar-refractivity contribution is -0.176. The van der Waals surface area contributed by atoms with Gasteiger partial charge in [-0.3, -0.25) is 4.79 Å². The molecule has 6 heteroatoms. The van der Waals surface area contributed by atoms with Gasteiger partial charge in [-0.05, 0) is 32.6 Å². The first-order valence-electron chi connectivity index (χ1n) is 6.19. The maximum atomic E-state index is 12.5. The number of alkyl halides is 3. The van der Waals surface area contributed by atoms with Crippen LogP contribution in [0.25, 0.3) is 0 Å². The SMILES string of the molecule is CC1CC(CN)(C(=O)N(CC(F)(F)F)C(C)C)C1. The number of carbonyl (C=O) groups is 1. The Kier molecular flexibility index (Phi) is 4.30. The summed E-state index contributed by atoms with van der Waals surface area (Å²) in [5.41, 5.74) is 4.84. The predicted octanol–water partition coefficient (Wildman–Crippen LogP) is 2.16. The molecule has 0 atom stereocenters. The fourth-order valence-corrected chi connectivity index (χ4v) is 2.69. The second-order valence-electron chi connectivity index (χ2n) is 5.64. The normalized spacial score (nSPS) is 28.1. The maximum absolute atomic E-state index is 12.5. The van der Waals surface area contributed by atoms with Crippen LogP contribution in [-0.4, -0.2) is 36.1 Å². The Morgan fingerprint density at radius 1 is 1.44 bits per heavy atom. The van der Waals surface area contributed by atoms with Crippen molar-refractivity contribution < 1.29 is 18.0 Å². The first-order valence-corrected chi connectivity index (χ1v) is 6.19. The minimum Gasteiger partial charge on any atom is -0.331 e. The lowest BCUT2D eigenvalue weighted by atomic mass is 9.61. The largest absolute Gasteiger partial charge is 0.406 e.